The van der Waals surface area contributed by atoms with Crippen molar-refractivity contribution >= 4 is 17.5 Å². The molecule has 1 heterocycles. The largest absolute Gasteiger partial charge is 0.403 e. The summed E-state index contributed by atoms with van der Waals surface area (Å²) in [6.07, 6.45) is 7.78. The molecular formula is C29H44FN7O2. The lowest BCUT2D eigenvalue weighted by atomic mass is 10.1. The Balaban J connectivity index is 0.000000288. The molecule has 1 saturated heterocycles. The van der Waals surface area contributed by atoms with Gasteiger partial charge in [0.15, 0.2) is 0 Å². The van der Waals surface area contributed by atoms with E-state index in [0.29, 0.717) is 24.3 Å². The molecule has 9 nitrogen and oxygen atoms in total. The summed E-state index contributed by atoms with van der Waals surface area (Å²) in [5, 5.41) is 4.00. The minimum atomic E-state index is -0.290. The van der Waals surface area contributed by atoms with Gasteiger partial charge in [-0.2, -0.15) is 0 Å². The monoisotopic (exact) mass is 541 g/mol. The van der Waals surface area contributed by atoms with Crippen molar-refractivity contribution < 1.29 is 14.0 Å². The summed E-state index contributed by atoms with van der Waals surface area (Å²) >= 11 is 0. The average molecular weight is 542 g/mol. The van der Waals surface area contributed by atoms with E-state index in [1.54, 1.807) is 29.2 Å². The molecule has 2 aromatic rings. The molecule has 0 radical (unpaired) electrons. The van der Waals surface area contributed by atoms with Gasteiger partial charge in [-0.15, -0.1) is 0 Å². The van der Waals surface area contributed by atoms with Crippen molar-refractivity contribution in [1.82, 2.24) is 15.1 Å². The number of unbranched alkanes of at least 4 members (excludes halogenated alkanes) is 1. The van der Waals surface area contributed by atoms with Crippen molar-refractivity contribution in [2.24, 2.45) is 17.3 Å². The molecule has 0 atom stereocenters. The number of likely N-dealkylation sites (N-methyl/N-ethyl adjacent to an activating group) is 1. The molecule has 2 fully saturated rings. The lowest BCUT2D eigenvalue weighted by Gasteiger charge is -2.32. The third-order valence-corrected chi connectivity index (χ3v) is 6.41. The van der Waals surface area contributed by atoms with Gasteiger partial charge in [0.05, 0.1) is 12.2 Å². The highest BCUT2D eigenvalue weighted by molar-refractivity contribution is 5.96. The molecule has 1 aliphatic heterocycles. The summed E-state index contributed by atoms with van der Waals surface area (Å²) in [6, 6.07) is 13.5. The van der Waals surface area contributed by atoms with Crippen LogP contribution >= 0.6 is 0 Å². The number of anilines is 1. The fraction of sp³-hybridized carbons (Fsp3) is 0.448. The average Bonchev–Trinajstić information content (AvgIpc) is 3.79. The highest BCUT2D eigenvalue weighted by atomic mass is 19.1. The second-order valence-corrected chi connectivity index (χ2v) is 9.63. The van der Waals surface area contributed by atoms with Crippen molar-refractivity contribution in [2.45, 2.75) is 38.5 Å². The quantitative estimate of drug-likeness (QED) is 0.298. The Bertz CT molecular complexity index is 1020. The van der Waals surface area contributed by atoms with Gasteiger partial charge in [0, 0.05) is 44.1 Å². The van der Waals surface area contributed by atoms with Gasteiger partial charge in [0.2, 0.25) is 5.91 Å². The number of rotatable bonds is 8. The van der Waals surface area contributed by atoms with Gasteiger partial charge in [0.25, 0.3) is 5.91 Å². The Morgan fingerprint density at radius 3 is 2.15 bits per heavy atom. The molecular weight excluding hydrogens is 497 g/mol. The second-order valence-electron chi connectivity index (χ2n) is 9.63. The number of halogens is 1. The van der Waals surface area contributed by atoms with E-state index >= 15 is 0 Å². The van der Waals surface area contributed by atoms with Crippen molar-refractivity contribution in [3.8, 4) is 0 Å². The van der Waals surface area contributed by atoms with Crippen molar-refractivity contribution in [3.63, 3.8) is 0 Å². The SMILES string of the molecule is CCCCN.CN1CCN(C(=O)CNC(=O)c2ccc(N(N)/C=C\N)cc2)CC1.Fc1ccc(C2CC2)cc1. The van der Waals surface area contributed by atoms with Gasteiger partial charge in [-0.25, -0.2) is 10.2 Å². The zero-order valence-corrected chi connectivity index (χ0v) is 23.2. The minimum Gasteiger partial charge on any atom is -0.403 e. The van der Waals surface area contributed by atoms with E-state index in [0.717, 1.165) is 25.6 Å². The first-order valence-electron chi connectivity index (χ1n) is 13.5. The normalized spacial score (nSPS) is 15.1. The molecule has 2 amide bonds. The molecule has 214 valence electrons. The van der Waals surface area contributed by atoms with Gasteiger partial charge in [-0.3, -0.25) is 14.6 Å². The van der Waals surface area contributed by atoms with Crippen LogP contribution in [0.25, 0.3) is 0 Å². The predicted molar refractivity (Wildman–Crippen MR) is 155 cm³/mol. The number of nitrogens with zero attached hydrogens (tertiary/aromatic N) is 3. The Morgan fingerprint density at radius 2 is 1.67 bits per heavy atom. The van der Waals surface area contributed by atoms with Crippen LogP contribution in [-0.2, 0) is 4.79 Å². The number of amides is 2. The maximum Gasteiger partial charge on any atom is 0.251 e. The number of hydrogen-bond donors (Lipinski definition) is 4. The van der Waals surface area contributed by atoms with E-state index in [4.69, 9.17) is 17.3 Å². The van der Waals surface area contributed by atoms with Crippen LogP contribution in [-0.4, -0.2) is 67.9 Å². The van der Waals surface area contributed by atoms with Gasteiger partial charge in [-0.05, 0) is 80.7 Å². The molecule has 0 spiro atoms. The number of hydrazine groups is 1. The van der Waals surface area contributed by atoms with Crippen LogP contribution in [0.3, 0.4) is 0 Å². The van der Waals surface area contributed by atoms with Crippen LogP contribution in [0.2, 0.25) is 0 Å². The maximum atomic E-state index is 12.4. The smallest absolute Gasteiger partial charge is 0.251 e. The minimum absolute atomic E-state index is 0.00320. The molecule has 0 unspecified atom stereocenters. The van der Waals surface area contributed by atoms with Gasteiger partial charge in [-0.1, -0.05) is 25.5 Å². The summed E-state index contributed by atoms with van der Waals surface area (Å²) in [6.45, 7) is 6.08. The van der Waals surface area contributed by atoms with Crippen LogP contribution in [0.5, 0.6) is 0 Å². The first kappa shape index (κ1) is 31.7. The van der Waals surface area contributed by atoms with Crippen LogP contribution < -0.4 is 27.6 Å². The van der Waals surface area contributed by atoms with E-state index < -0.39 is 0 Å². The number of carbonyl (C=O) groups excluding carboxylic acids is 2. The van der Waals surface area contributed by atoms with Gasteiger partial charge < -0.3 is 26.6 Å². The third kappa shape index (κ3) is 11.8. The number of benzene rings is 2. The molecule has 10 heteroatoms. The predicted octanol–water partition coefficient (Wildman–Crippen LogP) is 2.75. The molecule has 1 aliphatic carbocycles. The Labute approximate surface area is 231 Å². The van der Waals surface area contributed by atoms with Gasteiger partial charge in [0.1, 0.15) is 5.82 Å². The Kier molecular flexibility index (Phi) is 14.0. The van der Waals surface area contributed by atoms with Crippen LogP contribution in [0.4, 0.5) is 10.1 Å². The summed E-state index contributed by atoms with van der Waals surface area (Å²) < 4.78 is 12.4. The highest BCUT2D eigenvalue weighted by Crippen LogP contribution is 2.39. The summed E-state index contributed by atoms with van der Waals surface area (Å²) in [5.74, 6) is 5.99. The fourth-order valence-corrected chi connectivity index (χ4v) is 3.75. The van der Waals surface area contributed by atoms with E-state index in [1.165, 1.54) is 60.8 Å². The number of nitrogens with one attached hydrogen (secondary N) is 1. The third-order valence-electron chi connectivity index (χ3n) is 6.41. The van der Waals surface area contributed by atoms with E-state index in [-0.39, 0.29) is 24.2 Å². The zero-order valence-electron chi connectivity index (χ0n) is 23.2. The molecule has 2 aromatic carbocycles. The molecule has 39 heavy (non-hydrogen) atoms. The van der Waals surface area contributed by atoms with Crippen molar-refractivity contribution in [2.75, 3.05) is 51.3 Å². The molecule has 0 bridgehead atoms. The molecule has 1 saturated carbocycles. The van der Waals surface area contributed by atoms with Crippen molar-refractivity contribution in [1.29, 1.82) is 0 Å². The van der Waals surface area contributed by atoms with Crippen molar-refractivity contribution in [3.05, 3.63) is 77.9 Å². The topological polar surface area (TPSA) is 134 Å². The second kappa shape index (κ2) is 17.2. The lowest BCUT2D eigenvalue weighted by Crippen LogP contribution is -2.50. The van der Waals surface area contributed by atoms with E-state index in [9.17, 15) is 14.0 Å². The molecule has 2 aliphatic rings. The number of hydrogen-bond acceptors (Lipinski definition) is 7. The van der Waals surface area contributed by atoms with E-state index in [1.807, 2.05) is 19.2 Å². The first-order chi connectivity index (χ1) is 18.8. The summed E-state index contributed by atoms with van der Waals surface area (Å²) in [7, 11) is 2.03. The zero-order chi connectivity index (χ0) is 28.6. The Morgan fingerprint density at radius 1 is 1.05 bits per heavy atom. The highest BCUT2D eigenvalue weighted by Gasteiger charge is 2.23. The summed E-state index contributed by atoms with van der Waals surface area (Å²) in [4.78, 5) is 28.2. The van der Waals surface area contributed by atoms with Crippen LogP contribution in [0.15, 0.2) is 60.9 Å². The Hall–Kier alpha value is -3.47. The lowest BCUT2D eigenvalue weighted by molar-refractivity contribution is -0.131. The van der Waals surface area contributed by atoms with Crippen LogP contribution in [0.1, 0.15) is 54.4 Å². The summed E-state index contributed by atoms with van der Waals surface area (Å²) in [5.41, 5.74) is 12.9. The number of piperazine rings is 1. The first-order valence-corrected chi connectivity index (χ1v) is 13.5. The molecule has 4 rings (SSSR count). The fourth-order valence-electron chi connectivity index (χ4n) is 3.75. The maximum absolute atomic E-state index is 12.4. The molecule has 0 aromatic heterocycles. The number of nitrogens with two attached hydrogens (primary N) is 3. The van der Waals surface area contributed by atoms with E-state index in [2.05, 4.69) is 17.1 Å². The number of carbonyl (C=O) groups is 2. The van der Waals surface area contributed by atoms with Gasteiger partial charge >= 0.3 is 0 Å². The van der Waals surface area contributed by atoms with Crippen LogP contribution in [0, 0.1) is 5.82 Å². The molecule has 7 N–H and O–H groups in total. The standard InChI is InChI=1S/C16H24N6O2.C9H9F.C4H11N/c1-20-8-10-21(11-9-20)15(23)12-19-16(24)13-2-4-14(5-3-13)22(18)7-6-17;10-9-5-3-8(4-6-9)7-1-2-7;1-2-3-4-5/h2-7H,8-12,17-18H2,1H3,(H,19,24);3-7H,1-2H2;2-5H2,1H3/b7-6-;;.